The smallest absolute Gasteiger partial charge is 0.0926 e. The standard InChI is InChI=1S/C21H25NO/c1-22-19-11-6-12-20(22)15-21(23,14-19)18-10-5-9-17(13-18)16-7-3-2-4-8-16/h2-5,7-10,13,19-20,23H,6,11-12,14-15H2,1H3. The Kier molecular flexibility index (Phi) is 3.74. The van der Waals surface area contributed by atoms with Crippen LogP contribution < -0.4 is 0 Å². The molecule has 2 heterocycles. The lowest BCUT2D eigenvalue weighted by molar-refractivity contribution is -0.0874. The summed E-state index contributed by atoms with van der Waals surface area (Å²) in [6, 6.07) is 20.0. The highest BCUT2D eigenvalue weighted by molar-refractivity contribution is 5.64. The van der Waals surface area contributed by atoms with Gasteiger partial charge in [0.25, 0.3) is 0 Å². The lowest BCUT2D eigenvalue weighted by Crippen LogP contribution is -2.55. The molecule has 2 aromatic carbocycles. The quantitative estimate of drug-likeness (QED) is 0.899. The Morgan fingerprint density at radius 2 is 1.57 bits per heavy atom. The second-order valence-electron chi connectivity index (χ2n) is 7.29. The van der Waals surface area contributed by atoms with Gasteiger partial charge in [0.2, 0.25) is 0 Å². The predicted molar refractivity (Wildman–Crippen MR) is 94.2 cm³/mol. The van der Waals surface area contributed by atoms with E-state index in [-0.39, 0.29) is 0 Å². The molecule has 2 aliphatic rings. The van der Waals surface area contributed by atoms with Gasteiger partial charge in [-0.2, -0.15) is 0 Å². The molecule has 2 nitrogen and oxygen atoms in total. The maximum absolute atomic E-state index is 11.4. The van der Waals surface area contributed by atoms with Crippen molar-refractivity contribution in [1.82, 2.24) is 4.90 Å². The van der Waals surface area contributed by atoms with Crippen molar-refractivity contribution in [3.8, 4) is 11.1 Å². The van der Waals surface area contributed by atoms with Gasteiger partial charge in [-0.25, -0.2) is 0 Å². The maximum Gasteiger partial charge on any atom is 0.0926 e. The number of fused-ring (bicyclic) bond motifs is 2. The average molecular weight is 307 g/mol. The third-order valence-electron chi connectivity index (χ3n) is 5.88. The summed E-state index contributed by atoms with van der Waals surface area (Å²) >= 11 is 0. The minimum Gasteiger partial charge on any atom is -0.385 e. The zero-order valence-electron chi connectivity index (χ0n) is 13.8. The number of nitrogens with zero attached hydrogens (tertiary/aromatic N) is 1. The Morgan fingerprint density at radius 1 is 0.913 bits per heavy atom. The highest BCUT2D eigenvalue weighted by Gasteiger charge is 2.44. The number of hydrogen-bond donors (Lipinski definition) is 1. The Bertz CT molecular complexity index is 667. The van der Waals surface area contributed by atoms with Crippen LogP contribution in [0.4, 0.5) is 0 Å². The minimum atomic E-state index is -0.674. The van der Waals surface area contributed by atoms with Crippen LogP contribution in [0.1, 0.15) is 37.7 Å². The van der Waals surface area contributed by atoms with E-state index in [1.54, 1.807) is 0 Å². The first kappa shape index (κ1) is 14.9. The Hall–Kier alpha value is -1.64. The van der Waals surface area contributed by atoms with Crippen LogP contribution in [0.3, 0.4) is 0 Å². The van der Waals surface area contributed by atoms with Crippen molar-refractivity contribution in [3.63, 3.8) is 0 Å². The van der Waals surface area contributed by atoms with Gasteiger partial charge in [-0.1, -0.05) is 55.0 Å². The first-order valence-electron chi connectivity index (χ1n) is 8.76. The average Bonchev–Trinajstić information content (AvgIpc) is 2.57. The first-order chi connectivity index (χ1) is 11.2. The molecule has 2 bridgehead atoms. The zero-order valence-corrected chi connectivity index (χ0v) is 13.8. The number of aliphatic hydroxyl groups is 1. The van der Waals surface area contributed by atoms with E-state index in [4.69, 9.17) is 0 Å². The third kappa shape index (κ3) is 2.71. The van der Waals surface area contributed by atoms with E-state index in [1.165, 1.54) is 30.4 Å². The van der Waals surface area contributed by atoms with E-state index >= 15 is 0 Å². The number of benzene rings is 2. The van der Waals surface area contributed by atoms with Gasteiger partial charge >= 0.3 is 0 Å². The van der Waals surface area contributed by atoms with Gasteiger partial charge in [0.05, 0.1) is 5.60 Å². The van der Waals surface area contributed by atoms with Crippen LogP contribution in [-0.2, 0) is 5.60 Å². The summed E-state index contributed by atoms with van der Waals surface area (Å²) in [4.78, 5) is 2.50. The van der Waals surface area contributed by atoms with Crippen molar-refractivity contribution in [3.05, 3.63) is 60.2 Å². The van der Waals surface area contributed by atoms with E-state index in [0.29, 0.717) is 12.1 Å². The van der Waals surface area contributed by atoms with Crippen molar-refractivity contribution in [2.45, 2.75) is 49.8 Å². The summed E-state index contributed by atoms with van der Waals surface area (Å²) in [6.07, 6.45) is 5.46. The molecule has 2 saturated heterocycles. The van der Waals surface area contributed by atoms with E-state index in [0.717, 1.165) is 18.4 Å². The number of rotatable bonds is 2. The molecular formula is C21H25NO. The van der Waals surface area contributed by atoms with Gasteiger partial charge in [-0.05, 0) is 55.5 Å². The normalized spacial score (nSPS) is 31.0. The topological polar surface area (TPSA) is 23.5 Å². The summed E-state index contributed by atoms with van der Waals surface area (Å²) in [6.45, 7) is 0. The minimum absolute atomic E-state index is 0.521. The highest BCUT2D eigenvalue weighted by atomic mass is 16.3. The molecule has 0 aromatic heterocycles. The summed E-state index contributed by atoms with van der Waals surface area (Å²) in [5.74, 6) is 0. The van der Waals surface area contributed by atoms with E-state index in [9.17, 15) is 5.11 Å². The largest absolute Gasteiger partial charge is 0.385 e. The third-order valence-corrected chi connectivity index (χ3v) is 5.88. The maximum atomic E-state index is 11.4. The summed E-state index contributed by atoms with van der Waals surface area (Å²) in [5, 5.41) is 11.4. The molecule has 2 fully saturated rings. The van der Waals surface area contributed by atoms with Gasteiger partial charge in [-0.15, -0.1) is 0 Å². The van der Waals surface area contributed by atoms with Crippen molar-refractivity contribution in [1.29, 1.82) is 0 Å². The van der Waals surface area contributed by atoms with Crippen molar-refractivity contribution < 1.29 is 5.11 Å². The van der Waals surface area contributed by atoms with Crippen molar-refractivity contribution in [2.24, 2.45) is 0 Å². The lowest BCUT2D eigenvalue weighted by atomic mass is 9.72. The lowest BCUT2D eigenvalue weighted by Gasteiger charge is -2.50. The fourth-order valence-electron chi connectivity index (χ4n) is 4.50. The molecule has 0 amide bonds. The van der Waals surface area contributed by atoms with Crippen LogP contribution in [0.25, 0.3) is 11.1 Å². The fourth-order valence-corrected chi connectivity index (χ4v) is 4.50. The first-order valence-corrected chi connectivity index (χ1v) is 8.76. The molecule has 1 N–H and O–H groups in total. The van der Waals surface area contributed by atoms with Crippen LogP contribution >= 0.6 is 0 Å². The van der Waals surface area contributed by atoms with Crippen LogP contribution in [0.2, 0.25) is 0 Å². The number of piperidine rings is 2. The molecule has 2 aromatic rings. The summed E-state index contributed by atoms with van der Waals surface area (Å²) < 4.78 is 0. The van der Waals surface area contributed by atoms with Gasteiger partial charge < -0.3 is 10.0 Å². The van der Waals surface area contributed by atoms with Crippen LogP contribution in [-0.4, -0.2) is 29.1 Å². The molecule has 2 unspecified atom stereocenters. The van der Waals surface area contributed by atoms with Crippen LogP contribution in [0, 0.1) is 0 Å². The van der Waals surface area contributed by atoms with E-state index in [2.05, 4.69) is 60.5 Å². The summed E-state index contributed by atoms with van der Waals surface area (Å²) in [7, 11) is 2.23. The van der Waals surface area contributed by atoms with Crippen LogP contribution in [0.15, 0.2) is 54.6 Å². The van der Waals surface area contributed by atoms with Crippen molar-refractivity contribution in [2.75, 3.05) is 7.05 Å². The zero-order chi connectivity index (χ0) is 15.9. The van der Waals surface area contributed by atoms with Gasteiger partial charge in [0.1, 0.15) is 0 Å². The molecule has 2 atom stereocenters. The highest BCUT2D eigenvalue weighted by Crippen LogP contribution is 2.44. The predicted octanol–water partition coefficient (Wildman–Crippen LogP) is 4.19. The van der Waals surface area contributed by atoms with E-state index in [1.807, 2.05) is 6.07 Å². The summed E-state index contributed by atoms with van der Waals surface area (Å²) in [5.41, 5.74) is 2.82. The number of hydrogen-bond acceptors (Lipinski definition) is 2. The molecular weight excluding hydrogens is 282 g/mol. The molecule has 4 rings (SSSR count). The molecule has 120 valence electrons. The van der Waals surface area contributed by atoms with Crippen LogP contribution in [0.5, 0.6) is 0 Å². The Labute approximate surface area is 138 Å². The van der Waals surface area contributed by atoms with Gasteiger partial charge in [0.15, 0.2) is 0 Å². The van der Waals surface area contributed by atoms with Crippen molar-refractivity contribution >= 4 is 0 Å². The Morgan fingerprint density at radius 3 is 2.26 bits per heavy atom. The molecule has 0 saturated carbocycles. The Balaban J connectivity index is 1.68. The van der Waals surface area contributed by atoms with E-state index < -0.39 is 5.60 Å². The van der Waals surface area contributed by atoms with Gasteiger partial charge in [-0.3, -0.25) is 0 Å². The molecule has 0 radical (unpaired) electrons. The van der Waals surface area contributed by atoms with Gasteiger partial charge in [0, 0.05) is 12.1 Å². The monoisotopic (exact) mass is 307 g/mol. The second kappa shape index (κ2) is 5.77. The second-order valence-corrected chi connectivity index (χ2v) is 7.29. The molecule has 0 spiro atoms. The SMILES string of the molecule is CN1C2CCCC1CC(O)(c1cccc(-c3ccccc3)c1)C2. The molecule has 23 heavy (non-hydrogen) atoms. The molecule has 0 aliphatic carbocycles. The fraction of sp³-hybridized carbons (Fsp3) is 0.429. The molecule has 2 aliphatic heterocycles. The molecule has 2 heteroatoms.